The quantitative estimate of drug-likeness (QED) is 0.477. The summed E-state index contributed by atoms with van der Waals surface area (Å²) in [5, 5.41) is 0. The number of aryl methyl sites for hydroxylation is 2. The van der Waals surface area contributed by atoms with Crippen LogP contribution in [0.1, 0.15) is 30.5 Å². The fraction of sp³-hybridized carbons (Fsp3) is 0.333. The SMILES string of the molecule is Cc1ccc2c(c1)N(C)[C@@H](C)N2c1cccc(N2c3ccc(C)cc3N(C)[C@@H]2C)c1C. The van der Waals surface area contributed by atoms with E-state index >= 15 is 0 Å². The lowest BCUT2D eigenvalue weighted by Crippen LogP contribution is -2.37. The zero-order valence-electron chi connectivity index (χ0n) is 19.6. The van der Waals surface area contributed by atoms with Gasteiger partial charge in [-0.15, -0.1) is 0 Å². The molecule has 5 rings (SSSR count). The zero-order chi connectivity index (χ0) is 22.0. The van der Waals surface area contributed by atoms with Crippen molar-refractivity contribution in [1.29, 1.82) is 0 Å². The summed E-state index contributed by atoms with van der Waals surface area (Å²) >= 11 is 0. The number of nitrogens with zero attached hydrogens (tertiary/aromatic N) is 4. The van der Waals surface area contributed by atoms with Crippen LogP contribution in [0.5, 0.6) is 0 Å². The lowest BCUT2D eigenvalue weighted by molar-refractivity contribution is 0.725. The fourth-order valence-electron chi connectivity index (χ4n) is 5.19. The van der Waals surface area contributed by atoms with Crippen molar-refractivity contribution in [1.82, 2.24) is 0 Å². The third kappa shape index (κ3) is 2.81. The molecule has 2 aliphatic rings. The molecule has 0 N–H and O–H groups in total. The van der Waals surface area contributed by atoms with Crippen LogP contribution in [-0.4, -0.2) is 26.4 Å². The van der Waals surface area contributed by atoms with Crippen molar-refractivity contribution in [3.05, 3.63) is 71.3 Å². The molecule has 160 valence electrons. The maximum atomic E-state index is 2.48. The minimum Gasteiger partial charge on any atom is -0.353 e. The van der Waals surface area contributed by atoms with Gasteiger partial charge >= 0.3 is 0 Å². The summed E-state index contributed by atoms with van der Waals surface area (Å²) in [6, 6.07) is 20.3. The summed E-state index contributed by atoms with van der Waals surface area (Å²) in [6.45, 7) is 11.2. The van der Waals surface area contributed by atoms with Crippen LogP contribution in [0.2, 0.25) is 0 Å². The third-order valence-corrected chi connectivity index (χ3v) is 7.20. The molecular weight excluding hydrogens is 380 g/mol. The number of hydrogen-bond acceptors (Lipinski definition) is 4. The summed E-state index contributed by atoms with van der Waals surface area (Å²) < 4.78 is 0. The Morgan fingerprint density at radius 2 is 0.968 bits per heavy atom. The molecule has 0 saturated heterocycles. The molecule has 2 aliphatic heterocycles. The minimum absolute atomic E-state index is 0.263. The van der Waals surface area contributed by atoms with E-state index < -0.39 is 0 Å². The number of fused-ring (bicyclic) bond motifs is 2. The molecule has 0 spiro atoms. The predicted molar refractivity (Wildman–Crippen MR) is 134 cm³/mol. The maximum Gasteiger partial charge on any atom is 0.103 e. The van der Waals surface area contributed by atoms with E-state index in [4.69, 9.17) is 0 Å². The van der Waals surface area contributed by atoms with Crippen LogP contribution < -0.4 is 19.6 Å². The summed E-state index contributed by atoms with van der Waals surface area (Å²) in [5.41, 5.74) is 11.6. The molecule has 0 aliphatic carbocycles. The van der Waals surface area contributed by atoms with Crippen LogP contribution in [-0.2, 0) is 0 Å². The van der Waals surface area contributed by atoms with Gasteiger partial charge in [0.05, 0.1) is 22.7 Å². The highest BCUT2D eigenvalue weighted by Crippen LogP contribution is 2.49. The van der Waals surface area contributed by atoms with Crippen molar-refractivity contribution >= 4 is 34.1 Å². The Kier molecular flexibility index (Phi) is 4.44. The molecule has 0 radical (unpaired) electrons. The smallest absolute Gasteiger partial charge is 0.103 e. The van der Waals surface area contributed by atoms with E-state index in [0.717, 1.165) is 0 Å². The van der Waals surface area contributed by atoms with Crippen molar-refractivity contribution in [2.24, 2.45) is 0 Å². The van der Waals surface area contributed by atoms with Crippen molar-refractivity contribution in [3.63, 3.8) is 0 Å². The van der Waals surface area contributed by atoms with Crippen LogP contribution in [0.15, 0.2) is 54.6 Å². The molecule has 4 heteroatoms. The van der Waals surface area contributed by atoms with Gasteiger partial charge in [0.2, 0.25) is 0 Å². The van der Waals surface area contributed by atoms with E-state index in [9.17, 15) is 0 Å². The Bertz CT molecular complexity index is 1080. The normalized spacial score (nSPS) is 19.8. The van der Waals surface area contributed by atoms with Crippen LogP contribution in [0.4, 0.5) is 34.1 Å². The largest absolute Gasteiger partial charge is 0.353 e. The molecule has 4 nitrogen and oxygen atoms in total. The number of anilines is 6. The monoisotopic (exact) mass is 412 g/mol. The summed E-state index contributed by atoms with van der Waals surface area (Å²) in [5.74, 6) is 0. The van der Waals surface area contributed by atoms with Gasteiger partial charge in [-0.1, -0.05) is 18.2 Å². The third-order valence-electron chi connectivity index (χ3n) is 7.20. The lowest BCUT2D eigenvalue weighted by Gasteiger charge is -2.33. The van der Waals surface area contributed by atoms with Gasteiger partial charge < -0.3 is 19.6 Å². The number of rotatable bonds is 2. The van der Waals surface area contributed by atoms with E-state index in [-0.39, 0.29) is 12.3 Å². The minimum atomic E-state index is 0.263. The number of hydrogen-bond donors (Lipinski definition) is 0. The van der Waals surface area contributed by atoms with Crippen molar-refractivity contribution in [2.45, 2.75) is 47.0 Å². The summed E-state index contributed by atoms with van der Waals surface area (Å²) in [7, 11) is 4.39. The highest BCUT2D eigenvalue weighted by molar-refractivity contribution is 5.89. The Morgan fingerprint density at radius 3 is 1.39 bits per heavy atom. The molecule has 0 bridgehead atoms. The first-order valence-corrected chi connectivity index (χ1v) is 11.1. The van der Waals surface area contributed by atoms with E-state index in [2.05, 4.69) is 123 Å². The van der Waals surface area contributed by atoms with Crippen LogP contribution in [0.3, 0.4) is 0 Å². The van der Waals surface area contributed by atoms with E-state index in [1.165, 1.54) is 50.8 Å². The van der Waals surface area contributed by atoms with Crippen molar-refractivity contribution in [2.75, 3.05) is 33.7 Å². The van der Waals surface area contributed by atoms with Gasteiger partial charge in [0.15, 0.2) is 0 Å². The van der Waals surface area contributed by atoms with Gasteiger partial charge in [-0.25, -0.2) is 0 Å². The first kappa shape index (κ1) is 19.8. The molecular formula is C27H32N4. The average molecular weight is 413 g/mol. The molecule has 0 amide bonds. The zero-order valence-corrected chi connectivity index (χ0v) is 19.6. The van der Waals surface area contributed by atoms with Gasteiger partial charge in [0, 0.05) is 25.5 Å². The predicted octanol–water partition coefficient (Wildman–Crippen LogP) is 6.48. The highest BCUT2D eigenvalue weighted by Gasteiger charge is 2.35. The molecule has 3 aromatic rings. The van der Waals surface area contributed by atoms with Crippen molar-refractivity contribution in [3.8, 4) is 0 Å². The average Bonchev–Trinajstić information content (AvgIpc) is 3.13. The lowest BCUT2D eigenvalue weighted by atomic mass is 10.1. The van der Waals surface area contributed by atoms with Crippen LogP contribution >= 0.6 is 0 Å². The standard InChI is InChI=1S/C27H32N4/c1-17-11-13-24-26(15-17)28(6)20(4)30(24)22-9-8-10-23(19(22)3)31-21(5)29(7)27-16-18(2)12-14-25(27)31/h8-16,20-21H,1-7H3/t20-,21+. The first-order valence-electron chi connectivity index (χ1n) is 11.1. The molecule has 0 fully saturated rings. The van der Waals surface area contributed by atoms with Gasteiger partial charge in [-0.3, -0.25) is 0 Å². The Labute approximate surface area is 186 Å². The van der Waals surface area contributed by atoms with Crippen LogP contribution in [0, 0.1) is 20.8 Å². The molecule has 3 aromatic carbocycles. The van der Waals surface area contributed by atoms with Gasteiger partial charge in [0.25, 0.3) is 0 Å². The Balaban J connectivity index is 1.64. The molecule has 31 heavy (non-hydrogen) atoms. The second-order valence-corrected chi connectivity index (χ2v) is 9.13. The highest BCUT2D eigenvalue weighted by atomic mass is 15.4. The van der Waals surface area contributed by atoms with Gasteiger partial charge in [0.1, 0.15) is 12.3 Å². The molecule has 0 saturated carbocycles. The van der Waals surface area contributed by atoms with Gasteiger partial charge in [-0.05, 0) is 87.7 Å². The summed E-state index contributed by atoms with van der Waals surface area (Å²) in [4.78, 5) is 9.71. The van der Waals surface area contributed by atoms with E-state index in [0.29, 0.717) is 0 Å². The fourth-order valence-corrected chi connectivity index (χ4v) is 5.19. The Hall–Kier alpha value is -3.14. The van der Waals surface area contributed by atoms with E-state index in [1.54, 1.807) is 0 Å². The number of benzene rings is 3. The topological polar surface area (TPSA) is 13.0 Å². The first-order chi connectivity index (χ1) is 14.8. The van der Waals surface area contributed by atoms with Crippen LogP contribution in [0.25, 0.3) is 0 Å². The molecule has 0 unspecified atom stereocenters. The molecule has 2 heterocycles. The Morgan fingerprint density at radius 1 is 0.548 bits per heavy atom. The van der Waals surface area contributed by atoms with Gasteiger partial charge in [-0.2, -0.15) is 0 Å². The second kappa shape index (κ2) is 6.94. The second-order valence-electron chi connectivity index (χ2n) is 9.13. The maximum absolute atomic E-state index is 2.48. The van der Waals surface area contributed by atoms with Crippen molar-refractivity contribution < 1.29 is 0 Å². The molecule has 0 aromatic heterocycles. The van der Waals surface area contributed by atoms with E-state index in [1.807, 2.05) is 0 Å². The summed E-state index contributed by atoms with van der Waals surface area (Å²) in [6.07, 6.45) is 0.527. The molecule has 2 atom stereocenters.